The van der Waals surface area contributed by atoms with Gasteiger partial charge in [-0.3, -0.25) is 4.79 Å². The summed E-state index contributed by atoms with van der Waals surface area (Å²) in [6.45, 7) is 1.11. The molecule has 1 aromatic carbocycles. The summed E-state index contributed by atoms with van der Waals surface area (Å²) in [5, 5.41) is 4.86. The number of pyridine rings is 1. The number of thiophene rings is 1. The molecule has 0 atom stereocenters. The Labute approximate surface area is 186 Å². The van der Waals surface area contributed by atoms with Crippen molar-refractivity contribution in [1.82, 2.24) is 14.6 Å². The molecule has 162 valence electrons. The fourth-order valence-corrected chi connectivity index (χ4v) is 5.98. The van der Waals surface area contributed by atoms with Gasteiger partial charge in [0.2, 0.25) is 10.0 Å². The Morgan fingerprint density at radius 3 is 2.87 bits per heavy atom. The lowest BCUT2D eigenvalue weighted by Crippen LogP contribution is -2.35. The maximum absolute atomic E-state index is 13.2. The van der Waals surface area contributed by atoms with E-state index in [0.29, 0.717) is 31.6 Å². The lowest BCUT2D eigenvalue weighted by molar-refractivity contribution is 0.0950. The van der Waals surface area contributed by atoms with Crippen molar-refractivity contribution in [3.8, 4) is 0 Å². The third-order valence-electron chi connectivity index (χ3n) is 5.24. The molecule has 7 nitrogen and oxygen atoms in total. The average Bonchev–Trinajstić information content (AvgIpc) is 3.25. The van der Waals surface area contributed by atoms with Crippen LogP contribution in [0.5, 0.6) is 0 Å². The first kappa shape index (κ1) is 21.5. The number of anilines is 1. The molecule has 2 aromatic heterocycles. The van der Waals surface area contributed by atoms with Gasteiger partial charge in [0.15, 0.2) is 0 Å². The lowest BCUT2D eigenvalue weighted by Gasteiger charge is -2.26. The molecule has 1 amide bonds. The summed E-state index contributed by atoms with van der Waals surface area (Å²) in [5.74, 6) is 0.446. The first-order chi connectivity index (χ1) is 14.9. The third-order valence-corrected chi connectivity index (χ3v) is 8.10. The van der Waals surface area contributed by atoms with Crippen molar-refractivity contribution in [2.75, 3.05) is 25.5 Å². The summed E-state index contributed by atoms with van der Waals surface area (Å²) in [6, 6.07) is 11.9. The second-order valence-electron chi connectivity index (χ2n) is 7.55. The highest BCUT2D eigenvalue weighted by molar-refractivity contribution is 7.89. The van der Waals surface area contributed by atoms with Crippen LogP contribution in [0.25, 0.3) is 0 Å². The van der Waals surface area contributed by atoms with Crippen molar-refractivity contribution in [2.24, 2.45) is 0 Å². The van der Waals surface area contributed by atoms with Crippen LogP contribution in [0.2, 0.25) is 0 Å². The maximum atomic E-state index is 13.2. The van der Waals surface area contributed by atoms with E-state index in [9.17, 15) is 13.2 Å². The number of nitrogens with one attached hydrogen (secondary N) is 1. The largest absolute Gasteiger partial charge is 0.362 e. The van der Waals surface area contributed by atoms with Crippen molar-refractivity contribution in [1.29, 1.82) is 0 Å². The summed E-state index contributed by atoms with van der Waals surface area (Å²) in [6.07, 6.45) is 2.42. The molecule has 0 saturated heterocycles. The molecule has 31 heavy (non-hydrogen) atoms. The van der Waals surface area contributed by atoms with E-state index < -0.39 is 10.0 Å². The first-order valence-corrected chi connectivity index (χ1v) is 12.2. The predicted molar refractivity (Wildman–Crippen MR) is 122 cm³/mol. The van der Waals surface area contributed by atoms with Gasteiger partial charge in [-0.25, -0.2) is 13.4 Å². The molecule has 4 rings (SSSR count). The zero-order chi connectivity index (χ0) is 22.0. The zero-order valence-electron chi connectivity index (χ0n) is 17.4. The number of fused-ring (bicyclic) bond motifs is 1. The minimum Gasteiger partial charge on any atom is -0.362 e. The highest BCUT2D eigenvalue weighted by atomic mass is 32.2. The van der Waals surface area contributed by atoms with Crippen LogP contribution in [0.1, 0.15) is 26.4 Å². The van der Waals surface area contributed by atoms with Crippen LogP contribution in [0.4, 0.5) is 5.82 Å². The molecule has 0 fully saturated rings. The number of nitrogens with zero attached hydrogens (tertiary/aromatic N) is 3. The van der Waals surface area contributed by atoms with Crippen LogP contribution < -0.4 is 10.2 Å². The van der Waals surface area contributed by atoms with Gasteiger partial charge in [-0.1, -0.05) is 12.1 Å². The van der Waals surface area contributed by atoms with E-state index in [1.165, 1.54) is 15.2 Å². The van der Waals surface area contributed by atoms with Crippen molar-refractivity contribution >= 4 is 33.1 Å². The van der Waals surface area contributed by atoms with Gasteiger partial charge in [-0.15, -0.1) is 11.3 Å². The monoisotopic (exact) mass is 456 g/mol. The van der Waals surface area contributed by atoms with Crippen molar-refractivity contribution in [3.05, 3.63) is 75.6 Å². The highest BCUT2D eigenvalue weighted by Gasteiger charge is 2.29. The SMILES string of the molecule is CN(C)c1ncccc1CNC(=O)c1cccc(S(=O)(=O)N2CCc3sccc3C2)c1. The minimum atomic E-state index is -3.68. The van der Waals surface area contributed by atoms with Crippen molar-refractivity contribution in [2.45, 2.75) is 24.4 Å². The lowest BCUT2D eigenvalue weighted by atomic mass is 10.1. The molecular formula is C22H24N4O3S2. The number of benzene rings is 1. The number of amides is 1. The molecular weight excluding hydrogens is 432 g/mol. The fourth-order valence-electron chi connectivity index (χ4n) is 3.62. The van der Waals surface area contributed by atoms with E-state index in [1.54, 1.807) is 35.7 Å². The zero-order valence-corrected chi connectivity index (χ0v) is 19.0. The van der Waals surface area contributed by atoms with Crippen LogP contribution in [0.15, 0.2) is 58.9 Å². The maximum Gasteiger partial charge on any atom is 0.251 e. The number of hydrogen-bond donors (Lipinski definition) is 1. The van der Waals surface area contributed by atoms with E-state index in [0.717, 1.165) is 16.9 Å². The molecule has 1 N–H and O–H groups in total. The molecule has 3 aromatic rings. The van der Waals surface area contributed by atoms with E-state index in [-0.39, 0.29) is 10.8 Å². The Morgan fingerprint density at radius 2 is 2.06 bits per heavy atom. The number of sulfonamides is 1. The van der Waals surface area contributed by atoms with Gasteiger partial charge in [-0.2, -0.15) is 4.31 Å². The molecule has 0 radical (unpaired) electrons. The molecule has 0 spiro atoms. The van der Waals surface area contributed by atoms with E-state index in [2.05, 4.69) is 10.3 Å². The molecule has 1 aliphatic rings. The van der Waals surface area contributed by atoms with Gasteiger partial charge in [0.05, 0.1) is 4.90 Å². The van der Waals surface area contributed by atoms with Crippen LogP contribution in [-0.4, -0.2) is 44.3 Å². The number of carbonyl (C=O) groups is 1. The highest BCUT2D eigenvalue weighted by Crippen LogP contribution is 2.28. The van der Waals surface area contributed by atoms with E-state index >= 15 is 0 Å². The molecule has 1 aliphatic heterocycles. The molecule has 0 bridgehead atoms. The predicted octanol–water partition coefficient (Wildman–Crippen LogP) is 2.89. The fraction of sp³-hybridized carbons (Fsp3) is 0.273. The Bertz CT molecular complexity index is 1200. The van der Waals surface area contributed by atoms with Crippen LogP contribution in [0, 0.1) is 0 Å². The Morgan fingerprint density at radius 1 is 1.23 bits per heavy atom. The summed E-state index contributed by atoms with van der Waals surface area (Å²) in [4.78, 5) is 20.3. The van der Waals surface area contributed by atoms with Crippen molar-refractivity contribution in [3.63, 3.8) is 0 Å². The molecule has 0 saturated carbocycles. The minimum absolute atomic E-state index is 0.134. The number of aromatic nitrogens is 1. The third kappa shape index (κ3) is 4.48. The second kappa shape index (κ2) is 8.78. The van der Waals surface area contributed by atoms with Crippen LogP contribution in [-0.2, 0) is 29.5 Å². The number of carbonyl (C=O) groups excluding carboxylic acids is 1. The Balaban J connectivity index is 1.50. The average molecular weight is 457 g/mol. The molecule has 3 heterocycles. The summed E-state index contributed by atoms with van der Waals surface area (Å²) < 4.78 is 27.8. The second-order valence-corrected chi connectivity index (χ2v) is 10.5. The van der Waals surface area contributed by atoms with Gasteiger partial charge in [0.25, 0.3) is 5.91 Å². The van der Waals surface area contributed by atoms with Gasteiger partial charge in [0, 0.05) is 55.9 Å². The van der Waals surface area contributed by atoms with Crippen LogP contribution in [0.3, 0.4) is 0 Å². The molecule has 9 heteroatoms. The molecule has 0 unspecified atom stereocenters. The smallest absolute Gasteiger partial charge is 0.251 e. The van der Waals surface area contributed by atoms with Gasteiger partial charge in [-0.05, 0) is 47.7 Å². The Hall–Kier alpha value is -2.75. The number of rotatable bonds is 6. The Kier molecular flexibility index (Phi) is 6.08. The van der Waals surface area contributed by atoms with Crippen molar-refractivity contribution < 1.29 is 13.2 Å². The molecule has 0 aliphatic carbocycles. The normalized spacial score (nSPS) is 14.1. The summed E-state index contributed by atoms with van der Waals surface area (Å²) in [5.41, 5.74) is 2.25. The van der Waals surface area contributed by atoms with E-state index in [1.807, 2.05) is 42.6 Å². The van der Waals surface area contributed by atoms with Gasteiger partial charge < -0.3 is 10.2 Å². The van der Waals surface area contributed by atoms with Gasteiger partial charge >= 0.3 is 0 Å². The topological polar surface area (TPSA) is 82.6 Å². The first-order valence-electron chi connectivity index (χ1n) is 9.91. The van der Waals surface area contributed by atoms with Gasteiger partial charge in [0.1, 0.15) is 5.82 Å². The summed E-state index contributed by atoms with van der Waals surface area (Å²) in [7, 11) is 0.0986. The standard InChI is InChI=1S/C22H24N4O3S2/c1-25(2)21-17(6-4-10-23-21)14-24-22(27)16-5-3-7-19(13-16)31(28,29)26-11-8-20-18(15-26)9-12-30-20/h3-7,9-10,12-13H,8,11,14-15H2,1-2H3,(H,24,27). The number of hydrogen-bond acceptors (Lipinski definition) is 6. The van der Waals surface area contributed by atoms with Crippen LogP contribution >= 0.6 is 11.3 Å². The van der Waals surface area contributed by atoms with E-state index in [4.69, 9.17) is 0 Å². The summed E-state index contributed by atoms with van der Waals surface area (Å²) >= 11 is 1.66. The quantitative estimate of drug-likeness (QED) is 0.617.